The van der Waals surface area contributed by atoms with Gasteiger partial charge in [0.25, 0.3) is 0 Å². The fraction of sp³-hybridized carbons (Fsp3) is 0.500. The minimum atomic E-state index is -0.0846. The molecule has 0 aromatic heterocycles. The van der Waals surface area contributed by atoms with Crippen molar-refractivity contribution >= 4 is 23.4 Å². The SMILES string of the molecule is COc1ccc(CC(=O)N2CCN(C(=O)CCl)CC2)cc1OC. The standard InChI is InChI=1S/C16H21ClN2O4/c1-22-13-4-3-12(9-14(13)23-2)10-15(20)18-5-7-19(8-6-18)16(21)11-17/h3-4,9H,5-8,10-11H2,1-2H3. The summed E-state index contributed by atoms with van der Waals surface area (Å²) in [7, 11) is 3.14. The van der Waals surface area contributed by atoms with Crippen LogP contribution in [-0.2, 0) is 16.0 Å². The zero-order valence-electron chi connectivity index (χ0n) is 13.4. The Morgan fingerprint density at radius 3 is 2.09 bits per heavy atom. The number of benzene rings is 1. The number of alkyl halides is 1. The Bertz CT molecular complexity index is 571. The number of hydrogen-bond acceptors (Lipinski definition) is 4. The van der Waals surface area contributed by atoms with Crippen molar-refractivity contribution in [2.45, 2.75) is 6.42 Å². The third-order valence-electron chi connectivity index (χ3n) is 3.90. The van der Waals surface area contributed by atoms with Crippen molar-refractivity contribution in [3.63, 3.8) is 0 Å². The Morgan fingerprint density at radius 1 is 1.00 bits per heavy atom. The van der Waals surface area contributed by atoms with Gasteiger partial charge in [-0.3, -0.25) is 9.59 Å². The fourth-order valence-electron chi connectivity index (χ4n) is 2.57. The van der Waals surface area contributed by atoms with E-state index in [9.17, 15) is 9.59 Å². The second-order valence-corrected chi connectivity index (χ2v) is 5.53. The van der Waals surface area contributed by atoms with E-state index in [0.717, 1.165) is 5.56 Å². The maximum atomic E-state index is 12.4. The van der Waals surface area contributed by atoms with Gasteiger partial charge in [0.1, 0.15) is 5.88 Å². The molecule has 1 aliphatic rings. The van der Waals surface area contributed by atoms with Gasteiger partial charge in [0, 0.05) is 26.2 Å². The second kappa shape index (κ2) is 8.06. The lowest BCUT2D eigenvalue weighted by atomic mass is 10.1. The summed E-state index contributed by atoms with van der Waals surface area (Å²) in [5.41, 5.74) is 0.868. The first-order valence-corrected chi connectivity index (χ1v) is 7.95. The smallest absolute Gasteiger partial charge is 0.237 e. The van der Waals surface area contributed by atoms with E-state index < -0.39 is 0 Å². The summed E-state index contributed by atoms with van der Waals surface area (Å²) in [4.78, 5) is 27.4. The highest BCUT2D eigenvalue weighted by Crippen LogP contribution is 2.27. The van der Waals surface area contributed by atoms with Gasteiger partial charge >= 0.3 is 0 Å². The molecule has 1 saturated heterocycles. The summed E-state index contributed by atoms with van der Waals surface area (Å²) in [5, 5.41) is 0. The van der Waals surface area contributed by atoms with Gasteiger partial charge in [-0.2, -0.15) is 0 Å². The van der Waals surface area contributed by atoms with Crippen LogP contribution >= 0.6 is 11.6 Å². The first-order chi connectivity index (χ1) is 11.1. The van der Waals surface area contributed by atoms with Crippen LogP contribution in [0.15, 0.2) is 18.2 Å². The van der Waals surface area contributed by atoms with Crippen molar-refractivity contribution in [3.8, 4) is 11.5 Å². The van der Waals surface area contributed by atoms with Crippen molar-refractivity contribution in [2.75, 3.05) is 46.3 Å². The molecule has 0 spiro atoms. The summed E-state index contributed by atoms with van der Waals surface area (Å²) in [6, 6.07) is 5.45. The number of hydrogen-bond donors (Lipinski definition) is 0. The van der Waals surface area contributed by atoms with Gasteiger partial charge in [0.2, 0.25) is 11.8 Å². The molecular weight excluding hydrogens is 320 g/mol. The highest BCUT2D eigenvalue weighted by Gasteiger charge is 2.23. The molecule has 0 radical (unpaired) electrons. The van der Waals surface area contributed by atoms with Crippen molar-refractivity contribution in [2.24, 2.45) is 0 Å². The van der Waals surface area contributed by atoms with Crippen LogP contribution in [0.1, 0.15) is 5.56 Å². The minimum absolute atomic E-state index is 0.0143. The first kappa shape index (κ1) is 17.4. The number of rotatable bonds is 5. The normalized spacial score (nSPS) is 14.6. The predicted octanol–water partition coefficient (Wildman–Crippen LogP) is 1.16. The molecule has 1 fully saturated rings. The van der Waals surface area contributed by atoms with Crippen LogP contribution in [0.5, 0.6) is 11.5 Å². The topological polar surface area (TPSA) is 59.1 Å². The van der Waals surface area contributed by atoms with E-state index in [1.165, 1.54) is 0 Å². The molecule has 1 aromatic carbocycles. The Kier molecular flexibility index (Phi) is 6.10. The molecule has 1 aliphatic heterocycles. The lowest BCUT2D eigenvalue weighted by Crippen LogP contribution is -2.51. The zero-order chi connectivity index (χ0) is 16.8. The maximum Gasteiger partial charge on any atom is 0.237 e. The summed E-state index contributed by atoms with van der Waals surface area (Å²) in [6.45, 7) is 2.13. The molecule has 0 atom stereocenters. The van der Waals surface area contributed by atoms with Crippen LogP contribution < -0.4 is 9.47 Å². The Hall–Kier alpha value is -1.95. The van der Waals surface area contributed by atoms with E-state index in [0.29, 0.717) is 44.1 Å². The summed E-state index contributed by atoms with van der Waals surface area (Å²) in [5.74, 6) is 1.18. The van der Waals surface area contributed by atoms with E-state index in [2.05, 4.69) is 0 Å². The first-order valence-electron chi connectivity index (χ1n) is 7.41. The molecule has 6 nitrogen and oxygen atoms in total. The lowest BCUT2D eigenvalue weighted by molar-refractivity contribution is -0.137. The van der Waals surface area contributed by atoms with Crippen LogP contribution in [0, 0.1) is 0 Å². The van der Waals surface area contributed by atoms with Gasteiger partial charge in [-0.15, -0.1) is 11.6 Å². The number of piperazine rings is 1. The third kappa shape index (κ3) is 4.28. The molecule has 0 saturated carbocycles. The van der Waals surface area contributed by atoms with E-state index in [-0.39, 0.29) is 17.7 Å². The number of carbonyl (C=O) groups excluding carboxylic acids is 2. The number of methoxy groups -OCH3 is 2. The lowest BCUT2D eigenvalue weighted by Gasteiger charge is -2.34. The van der Waals surface area contributed by atoms with Crippen LogP contribution in [-0.4, -0.2) is 67.9 Å². The van der Waals surface area contributed by atoms with Gasteiger partial charge in [0.15, 0.2) is 11.5 Å². The van der Waals surface area contributed by atoms with E-state index >= 15 is 0 Å². The van der Waals surface area contributed by atoms with Gasteiger partial charge in [0.05, 0.1) is 20.6 Å². The molecule has 7 heteroatoms. The average molecular weight is 341 g/mol. The predicted molar refractivity (Wildman–Crippen MR) is 87.1 cm³/mol. The molecule has 23 heavy (non-hydrogen) atoms. The number of amides is 2. The molecular formula is C16H21ClN2O4. The fourth-order valence-corrected chi connectivity index (χ4v) is 2.74. The maximum absolute atomic E-state index is 12.4. The molecule has 2 amide bonds. The van der Waals surface area contributed by atoms with E-state index in [1.807, 2.05) is 12.1 Å². The number of carbonyl (C=O) groups is 2. The quantitative estimate of drug-likeness (QED) is 0.755. The number of nitrogens with zero attached hydrogens (tertiary/aromatic N) is 2. The van der Waals surface area contributed by atoms with Crippen molar-refractivity contribution < 1.29 is 19.1 Å². The molecule has 126 valence electrons. The second-order valence-electron chi connectivity index (χ2n) is 5.26. The van der Waals surface area contributed by atoms with Crippen molar-refractivity contribution in [3.05, 3.63) is 23.8 Å². The number of halogens is 1. The monoisotopic (exact) mass is 340 g/mol. The van der Waals surface area contributed by atoms with E-state index in [1.54, 1.807) is 30.1 Å². The molecule has 0 aliphatic carbocycles. The van der Waals surface area contributed by atoms with Crippen molar-refractivity contribution in [1.82, 2.24) is 9.80 Å². The Balaban J connectivity index is 1.94. The Morgan fingerprint density at radius 2 is 1.57 bits per heavy atom. The molecule has 2 rings (SSSR count). The van der Waals surface area contributed by atoms with Crippen LogP contribution in [0.4, 0.5) is 0 Å². The average Bonchev–Trinajstić information content (AvgIpc) is 2.60. The highest BCUT2D eigenvalue weighted by atomic mass is 35.5. The number of ether oxygens (including phenoxy) is 2. The van der Waals surface area contributed by atoms with Gasteiger partial charge in [-0.25, -0.2) is 0 Å². The highest BCUT2D eigenvalue weighted by molar-refractivity contribution is 6.27. The molecule has 1 aromatic rings. The largest absolute Gasteiger partial charge is 0.493 e. The van der Waals surface area contributed by atoms with Crippen LogP contribution in [0.2, 0.25) is 0 Å². The molecule has 0 unspecified atom stereocenters. The van der Waals surface area contributed by atoms with Crippen molar-refractivity contribution in [1.29, 1.82) is 0 Å². The van der Waals surface area contributed by atoms with Crippen LogP contribution in [0.3, 0.4) is 0 Å². The third-order valence-corrected chi connectivity index (χ3v) is 4.13. The summed E-state index contributed by atoms with van der Waals surface area (Å²) < 4.78 is 10.4. The summed E-state index contributed by atoms with van der Waals surface area (Å²) in [6.07, 6.45) is 0.295. The Labute approximate surface area is 140 Å². The summed E-state index contributed by atoms with van der Waals surface area (Å²) >= 11 is 5.55. The minimum Gasteiger partial charge on any atom is -0.493 e. The molecule has 1 heterocycles. The molecule has 0 bridgehead atoms. The van der Waals surface area contributed by atoms with Gasteiger partial charge < -0.3 is 19.3 Å². The van der Waals surface area contributed by atoms with Gasteiger partial charge in [-0.05, 0) is 17.7 Å². The van der Waals surface area contributed by atoms with E-state index in [4.69, 9.17) is 21.1 Å². The van der Waals surface area contributed by atoms with Gasteiger partial charge in [-0.1, -0.05) is 6.07 Å². The molecule has 0 N–H and O–H groups in total. The zero-order valence-corrected chi connectivity index (χ0v) is 14.1. The van der Waals surface area contributed by atoms with Crippen LogP contribution in [0.25, 0.3) is 0 Å².